The predicted molar refractivity (Wildman–Crippen MR) is 63.4 cm³/mol. The molecule has 0 radical (unpaired) electrons. The van der Waals surface area contributed by atoms with Crippen LogP contribution in [0.15, 0.2) is 22.7 Å². The minimum atomic E-state index is -4.86. The van der Waals surface area contributed by atoms with Crippen molar-refractivity contribution >= 4 is 21.9 Å². The summed E-state index contributed by atoms with van der Waals surface area (Å²) in [5.41, 5.74) is 0. The molecule has 0 saturated heterocycles. The molecule has 0 saturated carbocycles. The van der Waals surface area contributed by atoms with Gasteiger partial charge in [0.25, 0.3) is 0 Å². The number of hydrogen-bond acceptors (Lipinski definition) is 3. The average Bonchev–Trinajstić information content (AvgIpc) is 2.28. The van der Waals surface area contributed by atoms with Crippen LogP contribution < -0.4 is 9.47 Å². The molecule has 1 N–H and O–H groups in total. The Balaban J connectivity index is 2.78. The van der Waals surface area contributed by atoms with Gasteiger partial charge in [-0.05, 0) is 34.1 Å². The maximum Gasteiger partial charge on any atom is 0.405 e. The molecule has 0 spiro atoms. The Bertz CT molecular complexity index is 462. The van der Waals surface area contributed by atoms with Crippen LogP contribution in [0.4, 0.5) is 13.2 Å². The van der Waals surface area contributed by atoms with Crippen molar-refractivity contribution in [3.63, 3.8) is 0 Å². The third kappa shape index (κ3) is 4.30. The van der Waals surface area contributed by atoms with Gasteiger partial charge in [-0.25, -0.2) is 0 Å². The van der Waals surface area contributed by atoms with Gasteiger partial charge in [-0.2, -0.15) is 13.2 Å². The Hall–Kier alpha value is -1.44. The summed E-state index contributed by atoms with van der Waals surface area (Å²) in [6, 6.07) is 4.38. The van der Waals surface area contributed by atoms with E-state index in [2.05, 4.69) is 15.9 Å². The molecular weight excluding hydrogens is 333 g/mol. The van der Waals surface area contributed by atoms with E-state index in [4.69, 9.17) is 14.6 Å². The summed E-state index contributed by atoms with van der Waals surface area (Å²) in [5, 5.41) is 8.51. The van der Waals surface area contributed by atoms with Crippen LogP contribution in [-0.2, 0) is 4.79 Å². The van der Waals surface area contributed by atoms with Crippen molar-refractivity contribution in [2.24, 2.45) is 5.92 Å². The Morgan fingerprint density at radius 1 is 1.47 bits per heavy atom. The summed E-state index contributed by atoms with van der Waals surface area (Å²) >= 11 is 3.09. The van der Waals surface area contributed by atoms with Crippen LogP contribution in [-0.4, -0.2) is 31.0 Å². The van der Waals surface area contributed by atoms with Crippen molar-refractivity contribution in [2.75, 3.05) is 13.7 Å². The summed E-state index contributed by atoms with van der Waals surface area (Å²) in [4.78, 5) is 10.5. The fourth-order valence-electron chi connectivity index (χ4n) is 1.20. The molecule has 8 heteroatoms. The molecule has 4 nitrogen and oxygen atoms in total. The number of methoxy groups -OCH3 is 1. The zero-order chi connectivity index (χ0) is 14.6. The van der Waals surface area contributed by atoms with Crippen LogP contribution in [0.2, 0.25) is 0 Å². The lowest BCUT2D eigenvalue weighted by Gasteiger charge is -2.17. The maximum absolute atomic E-state index is 12.4. The number of hydrogen-bond donors (Lipinski definition) is 1. The first-order chi connectivity index (χ1) is 8.75. The molecule has 0 amide bonds. The SMILES string of the molecule is COc1ccc(OCC(C(=O)O)C(F)(F)F)c(Br)c1. The van der Waals surface area contributed by atoms with Gasteiger partial charge in [0.05, 0.1) is 11.6 Å². The zero-order valence-corrected chi connectivity index (χ0v) is 11.3. The average molecular weight is 343 g/mol. The van der Waals surface area contributed by atoms with Gasteiger partial charge in [0.2, 0.25) is 0 Å². The highest BCUT2D eigenvalue weighted by Crippen LogP contribution is 2.31. The number of aliphatic carboxylic acids is 1. The van der Waals surface area contributed by atoms with E-state index < -0.39 is 24.7 Å². The van der Waals surface area contributed by atoms with E-state index in [1.165, 1.54) is 25.3 Å². The van der Waals surface area contributed by atoms with E-state index in [-0.39, 0.29) is 5.75 Å². The number of carbonyl (C=O) groups is 1. The standard InChI is InChI=1S/C11H10BrF3O4/c1-18-6-2-3-9(8(12)4-6)19-5-7(10(16)17)11(13,14)15/h2-4,7H,5H2,1H3,(H,16,17). The topological polar surface area (TPSA) is 55.8 Å². The Kier molecular flexibility index (Phi) is 5.04. The largest absolute Gasteiger partial charge is 0.497 e. The van der Waals surface area contributed by atoms with Crippen molar-refractivity contribution in [1.29, 1.82) is 0 Å². The highest BCUT2D eigenvalue weighted by molar-refractivity contribution is 9.10. The monoisotopic (exact) mass is 342 g/mol. The van der Waals surface area contributed by atoms with Crippen molar-refractivity contribution in [1.82, 2.24) is 0 Å². The highest BCUT2D eigenvalue weighted by atomic mass is 79.9. The van der Waals surface area contributed by atoms with Crippen molar-refractivity contribution < 1.29 is 32.5 Å². The van der Waals surface area contributed by atoms with E-state index in [1.54, 1.807) is 0 Å². The predicted octanol–water partition coefficient (Wildman–Crippen LogP) is 3.10. The quantitative estimate of drug-likeness (QED) is 0.893. The third-order valence-electron chi connectivity index (χ3n) is 2.24. The Labute approximate surface area is 115 Å². The molecule has 0 aromatic heterocycles. The first-order valence-electron chi connectivity index (χ1n) is 5.01. The van der Waals surface area contributed by atoms with Gasteiger partial charge in [0, 0.05) is 0 Å². The summed E-state index contributed by atoms with van der Waals surface area (Å²) < 4.78 is 47.4. The Morgan fingerprint density at radius 3 is 2.53 bits per heavy atom. The number of alkyl halides is 3. The van der Waals surface area contributed by atoms with E-state index >= 15 is 0 Å². The molecule has 1 aromatic rings. The lowest BCUT2D eigenvalue weighted by Crippen LogP contribution is -2.35. The van der Waals surface area contributed by atoms with Gasteiger partial charge in [0.15, 0.2) is 5.92 Å². The van der Waals surface area contributed by atoms with Crippen LogP contribution in [0, 0.1) is 5.92 Å². The fourth-order valence-corrected chi connectivity index (χ4v) is 1.68. The second-order valence-corrected chi connectivity index (χ2v) is 4.39. The van der Waals surface area contributed by atoms with Gasteiger partial charge < -0.3 is 14.6 Å². The van der Waals surface area contributed by atoms with Crippen LogP contribution in [0.25, 0.3) is 0 Å². The van der Waals surface area contributed by atoms with Crippen molar-refractivity contribution in [2.45, 2.75) is 6.18 Å². The molecule has 0 aliphatic heterocycles. The minimum absolute atomic E-state index is 0.108. The van der Waals surface area contributed by atoms with Crippen LogP contribution in [0.1, 0.15) is 0 Å². The summed E-state index contributed by atoms with van der Waals surface area (Å²) in [7, 11) is 1.44. The van der Waals surface area contributed by atoms with Crippen molar-refractivity contribution in [3.8, 4) is 11.5 Å². The normalized spacial score (nSPS) is 12.9. The molecule has 1 atom stereocenters. The highest BCUT2D eigenvalue weighted by Gasteiger charge is 2.45. The summed E-state index contributed by atoms with van der Waals surface area (Å²) in [6.07, 6.45) is -4.86. The molecule has 0 fully saturated rings. The molecule has 0 aliphatic carbocycles. The van der Waals surface area contributed by atoms with Gasteiger partial charge in [-0.1, -0.05) is 0 Å². The molecule has 0 aliphatic rings. The molecule has 1 aromatic carbocycles. The van der Waals surface area contributed by atoms with Crippen LogP contribution in [0.5, 0.6) is 11.5 Å². The van der Waals surface area contributed by atoms with Gasteiger partial charge >= 0.3 is 12.1 Å². The van der Waals surface area contributed by atoms with Crippen LogP contribution >= 0.6 is 15.9 Å². The molecule has 1 rings (SSSR count). The number of carboxylic acids is 1. The van der Waals surface area contributed by atoms with E-state index in [9.17, 15) is 18.0 Å². The molecule has 106 valence electrons. The smallest absolute Gasteiger partial charge is 0.405 e. The molecule has 19 heavy (non-hydrogen) atoms. The van der Waals surface area contributed by atoms with E-state index in [1.807, 2.05) is 0 Å². The maximum atomic E-state index is 12.4. The first kappa shape index (κ1) is 15.6. The van der Waals surface area contributed by atoms with Gasteiger partial charge in [-0.15, -0.1) is 0 Å². The Morgan fingerprint density at radius 2 is 2.11 bits per heavy atom. The number of benzene rings is 1. The zero-order valence-electron chi connectivity index (χ0n) is 9.70. The van der Waals surface area contributed by atoms with E-state index in [0.29, 0.717) is 10.2 Å². The second-order valence-electron chi connectivity index (χ2n) is 3.54. The third-order valence-corrected chi connectivity index (χ3v) is 2.86. The number of carboxylic acid groups (broad SMARTS) is 1. The number of halogens is 4. The minimum Gasteiger partial charge on any atom is -0.497 e. The van der Waals surface area contributed by atoms with E-state index in [0.717, 1.165) is 0 Å². The van der Waals surface area contributed by atoms with Crippen LogP contribution in [0.3, 0.4) is 0 Å². The summed E-state index contributed by atoms with van der Waals surface area (Å²) in [6.45, 7) is -0.996. The number of rotatable bonds is 5. The fraction of sp³-hybridized carbons (Fsp3) is 0.364. The van der Waals surface area contributed by atoms with Gasteiger partial charge in [-0.3, -0.25) is 4.79 Å². The number of ether oxygens (including phenoxy) is 2. The lowest BCUT2D eigenvalue weighted by molar-refractivity contribution is -0.198. The van der Waals surface area contributed by atoms with Crippen molar-refractivity contribution in [3.05, 3.63) is 22.7 Å². The first-order valence-corrected chi connectivity index (χ1v) is 5.81. The molecule has 1 unspecified atom stereocenters. The summed E-state index contributed by atoms with van der Waals surface area (Å²) in [5.74, 6) is -3.94. The second kappa shape index (κ2) is 6.14. The van der Waals surface area contributed by atoms with Gasteiger partial charge in [0.1, 0.15) is 18.1 Å². The lowest BCUT2D eigenvalue weighted by atomic mass is 10.1. The molecule has 0 bridgehead atoms. The molecular formula is C11H10BrF3O4. The molecule has 0 heterocycles.